The molecule has 3 fully saturated rings. The summed E-state index contributed by atoms with van der Waals surface area (Å²) >= 11 is 0. The third-order valence-corrected chi connectivity index (χ3v) is 5.03. The fraction of sp³-hybridized carbons (Fsp3) is 1.00. The zero-order chi connectivity index (χ0) is 12.4. The van der Waals surface area contributed by atoms with E-state index in [-0.39, 0.29) is 6.10 Å². The van der Waals surface area contributed by atoms with Gasteiger partial charge in [0.2, 0.25) is 0 Å². The Morgan fingerprint density at radius 3 is 2.17 bits per heavy atom. The van der Waals surface area contributed by atoms with Crippen LogP contribution in [0, 0.1) is 11.8 Å². The fourth-order valence-corrected chi connectivity index (χ4v) is 3.58. The van der Waals surface area contributed by atoms with Gasteiger partial charge in [0, 0.05) is 13.1 Å². The summed E-state index contributed by atoms with van der Waals surface area (Å²) in [5.74, 6) is 1.55. The minimum absolute atomic E-state index is 0.0415. The van der Waals surface area contributed by atoms with Gasteiger partial charge in [0.15, 0.2) is 0 Å². The van der Waals surface area contributed by atoms with Crippen LogP contribution in [0.3, 0.4) is 0 Å². The second-order valence-electron chi connectivity index (χ2n) is 6.66. The molecule has 0 spiro atoms. The summed E-state index contributed by atoms with van der Waals surface area (Å²) in [7, 11) is 0. The van der Waals surface area contributed by atoms with Crippen molar-refractivity contribution in [3.63, 3.8) is 0 Å². The number of aliphatic hydroxyl groups excluding tert-OH is 1. The van der Waals surface area contributed by atoms with E-state index in [0.29, 0.717) is 5.92 Å². The number of hydrogen-bond donors (Lipinski definition) is 1. The maximum Gasteiger partial charge on any atom is 0.0695 e. The average Bonchev–Trinajstić information content (AvgIpc) is 3.11. The molecule has 2 saturated heterocycles. The third kappa shape index (κ3) is 3.46. The second kappa shape index (κ2) is 5.89. The molecule has 1 aliphatic carbocycles. The van der Waals surface area contributed by atoms with Gasteiger partial charge in [-0.3, -0.25) is 0 Å². The molecular weight excluding hydrogens is 224 g/mol. The van der Waals surface area contributed by atoms with Crippen molar-refractivity contribution in [3.8, 4) is 0 Å². The fourth-order valence-electron chi connectivity index (χ4n) is 3.58. The Labute approximate surface area is 111 Å². The van der Waals surface area contributed by atoms with E-state index in [2.05, 4.69) is 9.80 Å². The predicted molar refractivity (Wildman–Crippen MR) is 73.6 cm³/mol. The highest BCUT2D eigenvalue weighted by Gasteiger charge is 2.32. The molecule has 0 aromatic rings. The number of hydrogen-bond acceptors (Lipinski definition) is 3. The molecule has 3 aliphatic rings. The standard InChI is InChI=1S/C15H28N2O/c18-15(14-3-4-14)12-17-9-5-13(6-10-17)11-16-7-1-2-8-16/h13-15,18H,1-12H2. The Hall–Kier alpha value is -0.120. The Balaban J connectivity index is 1.35. The van der Waals surface area contributed by atoms with Crippen molar-refractivity contribution in [2.75, 3.05) is 39.3 Å². The lowest BCUT2D eigenvalue weighted by Crippen LogP contribution is -2.41. The van der Waals surface area contributed by atoms with Gasteiger partial charge in [-0.2, -0.15) is 0 Å². The van der Waals surface area contributed by atoms with Gasteiger partial charge in [0.25, 0.3) is 0 Å². The van der Waals surface area contributed by atoms with Crippen LogP contribution in [0.1, 0.15) is 38.5 Å². The highest BCUT2D eigenvalue weighted by molar-refractivity contribution is 4.85. The SMILES string of the molecule is OC(CN1CCC(CN2CCCC2)CC1)C1CC1. The largest absolute Gasteiger partial charge is 0.392 e. The predicted octanol–water partition coefficient (Wildman–Crippen LogP) is 1.57. The number of nitrogens with zero attached hydrogens (tertiary/aromatic N) is 2. The molecule has 1 unspecified atom stereocenters. The van der Waals surface area contributed by atoms with Crippen LogP contribution in [0.5, 0.6) is 0 Å². The molecule has 2 aliphatic heterocycles. The lowest BCUT2D eigenvalue weighted by Gasteiger charge is -2.34. The van der Waals surface area contributed by atoms with E-state index in [1.807, 2.05) is 0 Å². The van der Waals surface area contributed by atoms with Crippen molar-refractivity contribution in [1.29, 1.82) is 0 Å². The van der Waals surface area contributed by atoms with Crippen LogP contribution in [0.4, 0.5) is 0 Å². The van der Waals surface area contributed by atoms with Crippen LogP contribution in [-0.4, -0.2) is 60.3 Å². The van der Waals surface area contributed by atoms with E-state index in [1.165, 1.54) is 71.2 Å². The van der Waals surface area contributed by atoms with Crippen molar-refractivity contribution in [1.82, 2.24) is 9.80 Å². The molecule has 0 radical (unpaired) electrons. The number of aliphatic hydroxyl groups is 1. The van der Waals surface area contributed by atoms with Crippen molar-refractivity contribution in [2.24, 2.45) is 11.8 Å². The summed E-state index contributed by atoms with van der Waals surface area (Å²) in [5, 5.41) is 9.99. The van der Waals surface area contributed by atoms with Crippen LogP contribution < -0.4 is 0 Å². The van der Waals surface area contributed by atoms with Crippen molar-refractivity contribution in [3.05, 3.63) is 0 Å². The molecule has 0 aromatic carbocycles. The molecule has 0 bridgehead atoms. The van der Waals surface area contributed by atoms with Gasteiger partial charge >= 0.3 is 0 Å². The number of β-amino-alcohol motifs (C(OH)–C–C–N with tert-alkyl or cyclic N) is 1. The van der Waals surface area contributed by atoms with Gasteiger partial charge in [-0.25, -0.2) is 0 Å². The molecule has 0 amide bonds. The minimum atomic E-state index is -0.0415. The Bertz CT molecular complexity index is 241. The maximum absolute atomic E-state index is 9.99. The lowest BCUT2D eigenvalue weighted by molar-refractivity contribution is 0.0709. The topological polar surface area (TPSA) is 26.7 Å². The third-order valence-electron chi connectivity index (χ3n) is 5.03. The monoisotopic (exact) mass is 252 g/mol. The summed E-state index contributed by atoms with van der Waals surface area (Å²) in [5.41, 5.74) is 0. The van der Waals surface area contributed by atoms with E-state index < -0.39 is 0 Å². The molecule has 2 heterocycles. The summed E-state index contributed by atoms with van der Waals surface area (Å²) in [6.07, 6.45) is 7.97. The number of rotatable bonds is 5. The first-order valence-corrected chi connectivity index (χ1v) is 7.94. The molecule has 1 atom stereocenters. The van der Waals surface area contributed by atoms with Gasteiger partial charge in [0.1, 0.15) is 0 Å². The van der Waals surface area contributed by atoms with Crippen LogP contribution in [-0.2, 0) is 0 Å². The summed E-state index contributed by atoms with van der Waals surface area (Å²) in [4.78, 5) is 5.14. The highest BCUT2D eigenvalue weighted by atomic mass is 16.3. The van der Waals surface area contributed by atoms with Gasteiger partial charge in [-0.1, -0.05) is 0 Å². The Morgan fingerprint density at radius 1 is 0.889 bits per heavy atom. The van der Waals surface area contributed by atoms with Crippen LogP contribution in [0.2, 0.25) is 0 Å². The summed E-state index contributed by atoms with van der Waals surface area (Å²) in [6, 6.07) is 0. The minimum Gasteiger partial charge on any atom is -0.392 e. The number of piperidine rings is 1. The van der Waals surface area contributed by atoms with E-state index in [9.17, 15) is 5.11 Å². The van der Waals surface area contributed by atoms with E-state index in [0.717, 1.165) is 12.5 Å². The number of likely N-dealkylation sites (tertiary alicyclic amines) is 2. The van der Waals surface area contributed by atoms with Crippen molar-refractivity contribution in [2.45, 2.75) is 44.6 Å². The lowest BCUT2D eigenvalue weighted by atomic mass is 9.96. The Morgan fingerprint density at radius 2 is 1.56 bits per heavy atom. The van der Waals surface area contributed by atoms with E-state index >= 15 is 0 Å². The van der Waals surface area contributed by atoms with Crippen LogP contribution >= 0.6 is 0 Å². The molecule has 1 N–H and O–H groups in total. The van der Waals surface area contributed by atoms with Crippen LogP contribution in [0.25, 0.3) is 0 Å². The first kappa shape index (κ1) is 12.9. The molecule has 3 rings (SSSR count). The summed E-state index contributed by atoms with van der Waals surface area (Å²) < 4.78 is 0. The molecule has 0 aromatic heterocycles. The zero-order valence-corrected chi connectivity index (χ0v) is 11.6. The summed E-state index contributed by atoms with van der Waals surface area (Å²) in [6.45, 7) is 7.35. The van der Waals surface area contributed by atoms with Crippen molar-refractivity contribution < 1.29 is 5.11 Å². The van der Waals surface area contributed by atoms with Gasteiger partial charge in [-0.15, -0.1) is 0 Å². The molecule has 3 heteroatoms. The van der Waals surface area contributed by atoms with Crippen molar-refractivity contribution >= 4 is 0 Å². The normalized spacial score (nSPS) is 29.8. The first-order valence-electron chi connectivity index (χ1n) is 7.94. The molecule has 104 valence electrons. The van der Waals surface area contributed by atoms with E-state index in [1.54, 1.807) is 0 Å². The molecular formula is C15H28N2O. The van der Waals surface area contributed by atoms with E-state index in [4.69, 9.17) is 0 Å². The zero-order valence-electron chi connectivity index (χ0n) is 11.6. The quantitative estimate of drug-likeness (QED) is 0.804. The second-order valence-corrected chi connectivity index (χ2v) is 6.66. The smallest absolute Gasteiger partial charge is 0.0695 e. The maximum atomic E-state index is 9.99. The molecule has 3 nitrogen and oxygen atoms in total. The van der Waals surface area contributed by atoms with Gasteiger partial charge < -0.3 is 14.9 Å². The van der Waals surface area contributed by atoms with Crippen LogP contribution in [0.15, 0.2) is 0 Å². The Kier molecular flexibility index (Phi) is 4.22. The average molecular weight is 252 g/mol. The van der Waals surface area contributed by atoms with Gasteiger partial charge in [0.05, 0.1) is 6.10 Å². The molecule has 18 heavy (non-hydrogen) atoms. The first-order chi connectivity index (χ1) is 8.81. The van der Waals surface area contributed by atoms with Gasteiger partial charge in [-0.05, 0) is 76.5 Å². The highest BCUT2D eigenvalue weighted by Crippen LogP contribution is 2.33. The molecule has 1 saturated carbocycles.